The van der Waals surface area contributed by atoms with E-state index in [-0.39, 0.29) is 0 Å². The molecule has 2 nitrogen and oxygen atoms in total. The first-order valence-corrected chi connectivity index (χ1v) is 21.1. The minimum Gasteiger partial charge on any atom is -0.310 e. The fraction of sp³-hybridized carbons (Fsp3) is 0.0169. The number of para-hydroxylation sites is 3. The Morgan fingerprint density at radius 2 is 0.787 bits per heavy atom. The summed E-state index contributed by atoms with van der Waals surface area (Å²) in [6, 6.07) is 89.0. The van der Waals surface area contributed by atoms with Gasteiger partial charge in [0.2, 0.25) is 0 Å². The molecule has 61 heavy (non-hydrogen) atoms. The molecule has 0 saturated heterocycles. The van der Waals surface area contributed by atoms with E-state index in [4.69, 9.17) is 0 Å². The fourth-order valence-electron chi connectivity index (χ4n) is 10.4. The minimum atomic E-state index is -0.595. The van der Waals surface area contributed by atoms with Crippen molar-refractivity contribution in [3.63, 3.8) is 0 Å². The van der Waals surface area contributed by atoms with Crippen LogP contribution < -0.4 is 9.80 Å². The summed E-state index contributed by atoms with van der Waals surface area (Å²) in [7, 11) is 0. The number of nitrogens with zero attached hydrogens (tertiary/aromatic N) is 2. The molecular weight excluding hydrogens is 737 g/mol. The van der Waals surface area contributed by atoms with Crippen LogP contribution in [-0.4, -0.2) is 0 Å². The molecule has 0 amide bonds. The van der Waals surface area contributed by atoms with Crippen molar-refractivity contribution in [1.82, 2.24) is 0 Å². The third-order valence-electron chi connectivity index (χ3n) is 12.8. The van der Waals surface area contributed by atoms with Crippen molar-refractivity contribution < 1.29 is 0 Å². The average molecular weight is 777 g/mol. The molecule has 286 valence electrons. The van der Waals surface area contributed by atoms with Gasteiger partial charge in [0.25, 0.3) is 0 Å². The lowest BCUT2D eigenvalue weighted by atomic mass is 9.69. The summed E-state index contributed by atoms with van der Waals surface area (Å²) in [4.78, 5) is 4.88. The van der Waals surface area contributed by atoms with Crippen LogP contribution in [0.3, 0.4) is 0 Å². The van der Waals surface area contributed by atoms with E-state index in [0.717, 1.165) is 28.4 Å². The van der Waals surface area contributed by atoms with Crippen LogP contribution in [0.5, 0.6) is 0 Å². The molecule has 2 aliphatic carbocycles. The summed E-state index contributed by atoms with van der Waals surface area (Å²) in [5, 5.41) is 2.49. The SMILES string of the molecule is c1ccc(-c2cccc(N(c3ccccc3)c3ccc4c(c3)-c3ccccc3C43c4ccccc4-c4c3c(N(c3ccccc3)c3ccccc3)cc3ccccc43)c2)cc1. The molecule has 1 unspecified atom stereocenters. The second kappa shape index (κ2) is 14.1. The minimum absolute atomic E-state index is 0.595. The van der Waals surface area contributed by atoms with Gasteiger partial charge in [0, 0.05) is 34.0 Å². The van der Waals surface area contributed by atoms with Crippen molar-refractivity contribution in [2.75, 3.05) is 9.80 Å². The summed E-state index contributed by atoms with van der Waals surface area (Å²) in [5.74, 6) is 0. The van der Waals surface area contributed by atoms with E-state index >= 15 is 0 Å². The van der Waals surface area contributed by atoms with Gasteiger partial charge >= 0.3 is 0 Å². The molecule has 0 heterocycles. The Bertz CT molecular complexity index is 3210. The third kappa shape index (κ3) is 5.36. The highest BCUT2D eigenvalue weighted by atomic mass is 15.2. The van der Waals surface area contributed by atoms with Crippen LogP contribution in [0.2, 0.25) is 0 Å². The van der Waals surface area contributed by atoms with E-state index in [1.165, 1.54) is 72.1 Å². The predicted molar refractivity (Wildman–Crippen MR) is 255 cm³/mol. The highest BCUT2D eigenvalue weighted by molar-refractivity contribution is 6.10. The van der Waals surface area contributed by atoms with Crippen LogP contribution in [0.4, 0.5) is 34.1 Å². The zero-order valence-corrected chi connectivity index (χ0v) is 33.5. The molecule has 0 saturated carbocycles. The van der Waals surface area contributed by atoms with Gasteiger partial charge in [0.15, 0.2) is 0 Å². The van der Waals surface area contributed by atoms with Crippen molar-refractivity contribution in [2.45, 2.75) is 5.41 Å². The van der Waals surface area contributed by atoms with Crippen LogP contribution >= 0.6 is 0 Å². The number of fused-ring (bicyclic) bond motifs is 12. The largest absolute Gasteiger partial charge is 0.310 e. The predicted octanol–water partition coefficient (Wildman–Crippen LogP) is 15.8. The first-order chi connectivity index (χ1) is 30.3. The van der Waals surface area contributed by atoms with Gasteiger partial charge in [0.05, 0.1) is 11.1 Å². The summed E-state index contributed by atoms with van der Waals surface area (Å²) in [5.41, 5.74) is 18.9. The molecule has 1 atom stereocenters. The topological polar surface area (TPSA) is 6.48 Å². The molecule has 10 aromatic carbocycles. The number of anilines is 6. The number of benzene rings is 10. The standard InChI is InChI=1S/C59H40N2/c1-5-20-41(21-6-1)42-23-19-30-47(38-42)60(44-24-7-2-8-25-44)48-36-37-55-52(40-48)50-32-15-17-34-53(50)59(55)54-35-18-16-33-51(54)57-49-31-14-13-22-43(49)39-56(58(57)59)61(45-26-9-3-10-27-45)46-28-11-4-12-29-46/h1-40H. The Balaban J connectivity index is 1.16. The van der Waals surface area contributed by atoms with Gasteiger partial charge in [-0.3, -0.25) is 0 Å². The Morgan fingerprint density at radius 1 is 0.295 bits per heavy atom. The van der Waals surface area contributed by atoms with Crippen molar-refractivity contribution in [2.24, 2.45) is 0 Å². The lowest BCUT2D eigenvalue weighted by Crippen LogP contribution is -2.28. The van der Waals surface area contributed by atoms with Gasteiger partial charge in [-0.15, -0.1) is 0 Å². The van der Waals surface area contributed by atoms with Gasteiger partial charge in [-0.25, -0.2) is 0 Å². The maximum atomic E-state index is 2.48. The second-order valence-electron chi connectivity index (χ2n) is 16.0. The van der Waals surface area contributed by atoms with Crippen LogP contribution in [0.25, 0.3) is 44.2 Å². The molecule has 0 aliphatic heterocycles. The highest BCUT2D eigenvalue weighted by Crippen LogP contribution is 2.67. The van der Waals surface area contributed by atoms with E-state index in [2.05, 4.69) is 252 Å². The van der Waals surface area contributed by atoms with Crippen LogP contribution in [-0.2, 0) is 5.41 Å². The normalized spacial score (nSPS) is 14.3. The molecule has 2 aliphatic rings. The Hall–Kier alpha value is -7.94. The van der Waals surface area contributed by atoms with Gasteiger partial charge < -0.3 is 9.80 Å². The molecule has 0 bridgehead atoms. The molecule has 0 fully saturated rings. The van der Waals surface area contributed by atoms with E-state index in [9.17, 15) is 0 Å². The van der Waals surface area contributed by atoms with Gasteiger partial charge in [0.1, 0.15) is 0 Å². The van der Waals surface area contributed by atoms with Gasteiger partial charge in [-0.2, -0.15) is 0 Å². The monoisotopic (exact) mass is 776 g/mol. The van der Waals surface area contributed by atoms with Crippen LogP contribution in [0.1, 0.15) is 22.3 Å². The van der Waals surface area contributed by atoms with Crippen LogP contribution in [0.15, 0.2) is 243 Å². The van der Waals surface area contributed by atoms with E-state index in [0.29, 0.717) is 0 Å². The van der Waals surface area contributed by atoms with Crippen molar-refractivity contribution in [3.05, 3.63) is 265 Å². The average Bonchev–Trinajstić information content (AvgIpc) is 3.81. The lowest BCUT2D eigenvalue weighted by Gasteiger charge is -2.36. The van der Waals surface area contributed by atoms with Crippen molar-refractivity contribution >= 4 is 44.9 Å². The third-order valence-corrected chi connectivity index (χ3v) is 12.8. The first-order valence-electron chi connectivity index (χ1n) is 21.1. The van der Waals surface area contributed by atoms with Crippen LogP contribution in [0, 0.1) is 0 Å². The van der Waals surface area contributed by atoms with E-state index in [1.807, 2.05) is 0 Å². The molecule has 0 radical (unpaired) electrons. The van der Waals surface area contributed by atoms with Gasteiger partial charge in [-0.05, 0) is 128 Å². The second-order valence-corrected chi connectivity index (χ2v) is 16.0. The van der Waals surface area contributed by atoms with Gasteiger partial charge in [-0.1, -0.05) is 176 Å². The summed E-state index contributed by atoms with van der Waals surface area (Å²) >= 11 is 0. The molecule has 1 spiro atoms. The molecular formula is C59H40N2. The Kier molecular flexibility index (Phi) is 8.11. The maximum absolute atomic E-state index is 2.48. The smallest absolute Gasteiger partial charge is 0.0746 e. The lowest BCUT2D eigenvalue weighted by molar-refractivity contribution is 0.793. The number of rotatable bonds is 7. The zero-order chi connectivity index (χ0) is 40.3. The molecule has 0 N–H and O–H groups in total. The molecule has 0 aromatic heterocycles. The Labute approximate surface area is 356 Å². The summed E-state index contributed by atoms with van der Waals surface area (Å²) in [6.45, 7) is 0. The van der Waals surface area contributed by atoms with E-state index < -0.39 is 5.41 Å². The molecule has 12 rings (SSSR count). The van der Waals surface area contributed by atoms with Crippen molar-refractivity contribution in [1.29, 1.82) is 0 Å². The van der Waals surface area contributed by atoms with Crippen molar-refractivity contribution in [3.8, 4) is 33.4 Å². The Morgan fingerprint density at radius 3 is 1.48 bits per heavy atom. The highest BCUT2D eigenvalue weighted by Gasteiger charge is 2.54. The number of hydrogen-bond acceptors (Lipinski definition) is 2. The van der Waals surface area contributed by atoms with E-state index in [1.54, 1.807) is 0 Å². The summed E-state index contributed by atoms with van der Waals surface area (Å²) in [6.07, 6.45) is 0. The first kappa shape index (κ1) is 35.0. The summed E-state index contributed by atoms with van der Waals surface area (Å²) < 4.78 is 0. The maximum Gasteiger partial charge on any atom is 0.0746 e. The zero-order valence-electron chi connectivity index (χ0n) is 33.5. The number of hydrogen-bond donors (Lipinski definition) is 0. The quantitative estimate of drug-likeness (QED) is 0.159. The fourth-order valence-corrected chi connectivity index (χ4v) is 10.4. The molecule has 2 heteroatoms. The molecule has 10 aromatic rings.